The van der Waals surface area contributed by atoms with Crippen molar-refractivity contribution in [3.8, 4) is 5.75 Å². The lowest BCUT2D eigenvalue weighted by Crippen LogP contribution is -2.46. The van der Waals surface area contributed by atoms with Gasteiger partial charge in [-0.25, -0.2) is 0 Å². The molecule has 5 nitrogen and oxygen atoms in total. The summed E-state index contributed by atoms with van der Waals surface area (Å²) in [7, 11) is 0. The summed E-state index contributed by atoms with van der Waals surface area (Å²) in [6.45, 7) is 9.28. The Bertz CT molecular complexity index is 1120. The van der Waals surface area contributed by atoms with Crippen molar-refractivity contribution in [2.45, 2.75) is 33.0 Å². The van der Waals surface area contributed by atoms with Crippen LogP contribution in [-0.4, -0.2) is 34.2 Å². The number of nitrogens with zero attached hydrogens (tertiary/aromatic N) is 2. The van der Waals surface area contributed by atoms with Crippen molar-refractivity contribution in [2.75, 3.05) is 6.54 Å². The average molecular weight is 441 g/mol. The third-order valence-electron chi connectivity index (χ3n) is 5.96. The van der Waals surface area contributed by atoms with E-state index in [1.54, 1.807) is 17.9 Å². The Balaban J connectivity index is 1.40. The van der Waals surface area contributed by atoms with E-state index in [1.165, 1.54) is 4.90 Å². The molecule has 1 aliphatic heterocycles. The molecule has 1 atom stereocenters. The highest BCUT2D eigenvalue weighted by molar-refractivity contribution is 6.10. The Hall–Kier alpha value is -3.86. The van der Waals surface area contributed by atoms with Crippen LogP contribution >= 0.6 is 0 Å². The van der Waals surface area contributed by atoms with Crippen LogP contribution in [0.15, 0.2) is 85.4 Å². The molecule has 1 unspecified atom stereocenters. The van der Waals surface area contributed by atoms with Gasteiger partial charge in [0.05, 0.1) is 0 Å². The fraction of sp³-hybridized carbons (Fsp3) is 0.214. The third kappa shape index (κ3) is 4.67. The molecule has 1 heterocycles. The molecule has 0 fully saturated rings. The molecule has 3 aromatic rings. The predicted molar refractivity (Wildman–Crippen MR) is 129 cm³/mol. The first-order valence-electron chi connectivity index (χ1n) is 11.2. The van der Waals surface area contributed by atoms with Gasteiger partial charge in [0.15, 0.2) is 0 Å². The molecular formula is C28H28N2O3. The predicted octanol–water partition coefficient (Wildman–Crippen LogP) is 5.13. The number of rotatable bonds is 8. The number of likely N-dealkylation sites (N-methyl/N-ethyl adjacent to an activating group) is 1. The minimum atomic E-state index is -0.633. The van der Waals surface area contributed by atoms with Gasteiger partial charge in [-0.15, -0.1) is 0 Å². The summed E-state index contributed by atoms with van der Waals surface area (Å²) in [6.07, 6.45) is 0. The number of fused-ring (bicyclic) bond motifs is 1. The Morgan fingerprint density at radius 1 is 0.939 bits per heavy atom. The van der Waals surface area contributed by atoms with Crippen molar-refractivity contribution in [3.63, 3.8) is 0 Å². The topological polar surface area (TPSA) is 49.9 Å². The minimum Gasteiger partial charge on any atom is -0.489 e. The van der Waals surface area contributed by atoms with E-state index < -0.39 is 6.04 Å². The van der Waals surface area contributed by atoms with E-state index in [1.807, 2.05) is 79.7 Å². The number of hydrogen-bond acceptors (Lipinski definition) is 3. The second kappa shape index (κ2) is 9.74. The molecule has 0 aliphatic carbocycles. The van der Waals surface area contributed by atoms with Gasteiger partial charge in [0.25, 0.3) is 5.91 Å². The van der Waals surface area contributed by atoms with Crippen LogP contribution in [0.3, 0.4) is 0 Å². The van der Waals surface area contributed by atoms with Crippen molar-refractivity contribution >= 4 is 17.5 Å². The van der Waals surface area contributed by atoms with Crippen LogP contribution in [0.1, 0.15) is 40.9 Å². The Morgan fingerprint density at radius 2 is 1.58 bits per heavy atom. The highest BCUT2D eigenvalue weighted by Gasteiger charge is 2.37. The molecule has 0 radical (unpaired) electrons. The summed E-state index contributed by atoms with van der Waals surface area (Å²) in [5.41, 5.74) is 4.07. The summed E-state index contributed by atoms with van der Waals surface area (Å²) in [6, 6.07) is 24.5. The molecule has 1 aliphatic rings. The second-order valence-electron chi connectivity index (χ2n) is 8.11. The SMILES string of the molecule is C=C1c2ccccc2C(=O)N1C(C)C(=O)N(CC)Cc1ccc(OCc2ccccc2)cc1. The van der Waals surface area contributed by atoms with Crippen LogP contribution in [0, 0.1) is 0 Å². The summed E-state index contributed by atoms with van der Waals surface area (Å²) >= 11 is 0. The molecule has 2 amide bonds. The van der Waals surface area contributed by atoms with Gasteiger partial charge in [-0.2, -0.15) is 0 Å². The first-order valence-corrected chi connectivity index (χ1v) is 11.2. The lowest BCUT2D eigenvalue weighted by molar-refractivity contribution is -0.135. The van der Waals surface area contributed by atoms with Crippen molar-refractivity contribution in [1.29, 1.82) is 0 Å². The zero-order chi connectivity index (χ0) is 23.4. The van der Waals surface area contributed by atoms with Crippen LogP contribution in [0.5, 0.6) is 5.75 Å². The van der Waals surface area contributed by atoms with Crippen LogP contribution in [0.25, 0.3) is 5.70 Å². The quantitative estimate of drug-likeness (QED) is 0.488. The van der Waals surface area contributed by atoms with Crippen molar-refractivity contribution in [1.82, 2.24) is 9.80 Å². The maximum absolute atomic E-state index is 13.3. The van der Waals surface area contributed by atoms with Crippen LogP contribution in [0.2, 0.25) is 0 Å². The summed E-state index contributed by atoms with van der Waals surface area (Å²) in [5.74, 6) is 0.499. The van der Waals surface area contributed by atoms with Gasteiger partial charge in [-0.05, 0) is 43.2 Å². The molecule has 4 rings (SSSR count). The molecule has 5 heteroatoms. The van der Waals surface area contributed by atoms with E-state index in [0.717, 1.165) is 22.4 Å². The van der Waals surface area contributed by atoms with Gasteiger partial charge in [0.1, 0.15) is 18.4 Å². The lowest BCUT2D eigenvalue weighted by Gasteiger charge is -2.30. The summed E-state index contributed by atoms with van der Waals surface area (Å²) < 4.78 is 5.85. The number of hydrogen-bond donors (Lipinski definition) is 0. The number of ether oxygens (including phenoxy) is 1. The van der Waals surface area contributed by atoms with Gasteiger partial charge in [0.2, 0.25) is 5.91 Å². The van der Waals surface area contributed by atoms with Gasteiger partial charge < -0.3 is 9.64 Å². The van der Waals surface area contributed by atoms with Gasteiger partial charge >= 0.3 is 0 Å². The number of amides is 2. The average Bonchev–Trinajstić information content (AvgIpc) is 3.11. The van der Waals surface area contributed by atoms with Crippen molar-refractivity contribution in [3.05, 3.63) is 108 Å². The van der Waals surface area contributed by atoms with Gasteiger partial charge in [-0.1, -0.05) is 67.2 Å². The highest BCUT2D eigenvalue weighted by Crippen LogP contribution is 2.33. The molecule has 0 spiro atoms. The van der Waals surface area contributed by atoms with Gasteiger partial charge in [-0.3, -0.25) is 14.5 Å². The zero-order valence-corrected chi connectivity index (χ0v) is 19.0. The zero-order valence-electron chi connectivity index (χ0n) is 19.0. The van der Waals surface area contributed by atoms with E-state index in [0.29, 0.717) is 31.0 Å². The highest BCUT2D eigenvalue weighted by atomic mass is 16.5. The summed E-state index contributed by atoms with van der Waals surface area (Å²) in [5, 5.41) is 0. The number of carbonyl (C=O) groups is 2. The van der Waals surface area contributed by atoms with Crippen LogP contribution in [0.4, 0.5) is 0 Å². The minimum absolute atomic E-state index is 0.107. The molecule has 0 saturated heterocycles. The maximum atomic E-state index is 13.3. The molecule has 168 valence electrons. The van der Waals surface area contributed by atoms with Crippen molar-refractivity contribution in [2.24, 2.45) is 0 Å². The second-order valence-corrected chi connectivity index (χ2v) is 8.11. The fourth-order valence-electron chi connectivity index (χ4n) is 4.09. The van der Waals surface area contributed by atoms with E-state index in [9.17, 15) is 9.59 Å². The Morgan fingerprint density at radius 3 is 2.21 bits per heavy atom. The normalized spacial score (nSPS) is 13.6. The number of benzene rings is 3. The fourth-order valence-corrected chi connectivity index (χ4v) is 4.09. The van der Waals surface area contributed by atoms with E-state index in [2.05, 4.69) is 6.58 Å². The van der Waals surface area contributed by atoms with E-state index in [4.69, 9.17) is 4.74 Å². The van der Waals surface area contributed by atoms with E-state index >= 15 is 0 Å². The smallest absolute Gasteiger partial charge is 0.259 e. The third-order valence-corrected chi connectivity index (χ3v) is 5.96. The van der Waals surface area contributed by atoms with Gasteiger partial charge in [0, 0.05) is 29.9 Å². The molecular weight excluding hydrogens is 412 g/mol. The maximum Gasteiger partial charge on any atom is 0.259 e. The first-order chi connectivity index (χ1) is 16.0. The van der Waals surface area contributed by atoms with Crippen molar-refractivity contribution < 1.29 is 14.3 Å². The monoisotopic (exact) mass is 440 g/mol. The molecule has 3 aromatic carbocycles. The molecule has 0 N–H and O–H groups in total. The van der Waals surface area contributed by atoms with E-state index in [-0.39, 0.29) is 11.8 Å². The Labute approximate surface area is 194 Å². The standard InChI is InChI=1S/C28H28N2O3/c1-4-29(18-22-14-16-24(17-15-22)33-19-23-10-6-5-7-11-23)27(31)21(3)30-20(2)25-12-8-9-13-26(25)28(30)32/h5-17,21H,2,4,18-19H2,1,3H3. The van der Waals surface area contributed by atoms with Crippen LogP contribution in [-0.2, 0) is 17.9 Å². The molecule has 0 saturated carbocycles. The largest absolute Gasteiger partial charge is 0.489 e. The lowest BCUT2D eigenvalue weighted by atomic mass is 10.1. The van der Waals surface area contributed by atoms with Crippen LogP contribution < -0.4 is 4.74 Å². The molecule has 33 heavy (non-hydrogen) atoms. The first kappa shape index (κ1) is 22.3. The molecule has 0 bridgehead atoms. The Kier molecular flexibility index (Phi) is 6.59. The molecule has 0 aromatic heterocycles. The summed E-state index contributed by atoms with van der Waals surface area (Å²) in [4.78, 5) is 29.5. The number of carbonyl (C=O) groups excluding carboxylic acids is 2.